The Hall–Kier alpha value is -2.09. The zero-order valence-corrected chi connectivity index (χ0v) is 11.2. The van der Waals surface area contributed by atoms with Gasteiger partial charge in [-0.25, -0.2) is 0 Å². The molecule has 102 valence electrons. The predicted octanol–water partition coefficient (Wildman–Crippen LogP) is 0.886. The topological polar surface area (TPSA) is 96.0 Å². The van der Waals surface area contributed by atoms with E-state index in [1.54, 1.807) is 6.08 Å². The maximum Gasteiger partial charge on any atom is 0.241 e. The number of hydrogen-bond donors (Lipinski definition) is 2. The van der Waals surface area contributed by atoms with Crippen LogP contribution in [0.25, 0.3) is 0 Å². The first kappa shape index (κ1) is 15.0. The number of primary amides is 1. The highest BCUT2D eigenvalue weighted by molar-refractivity contribution is 6.07. The first-order chi connectivity index (χ1) is 8.95. The van der Waals surface area contributed by atoms with E-state index in [4.69, 9.17) is 11.0 Å². The molecule has 0 saturated heterocycles. The molecule has 5 heteroatoms. The van der Waals surface area contributed by atoms with Crippen LogP contribution in [-0.4, -0.2) is 18.4 Å². The van der Waals surface area contributed by atoms with Gasteiger partial charge in [0.05, 0.1) is 6.07 Å². The number of allylic oxidation sites excluding steroid dienone is 3. The molecule has 0 aliphatic heterocycles. The highest BCUT2D eigenvalue weighted by Gasteiger charge is 2.48. The largest absolute Gasteiger partial charge is 0.368 e. The van der Waals surface area contributed by atoms with Crippen LogP contribution in [0.1, 0.15) is 20.3 Å². The van der Waals surface area contributed by atoms with E-state index < -0.39 is 17.2 Å². The fourth-order valence-corrected chi connectivity index (χ4v) is 2.34. The van der Waals surface area contributed by atoms with Gasteiger partial charge in [-0.2, -0.15) is 5.26 Å². The lowest BCUT2D eigenvalue weighted by atomic mass is 9.68. The predicted molar refractivity (Wildman–Crippen MR) is 71.5 cm³/mol. The SMILES string of the molecule is CC(C)CC1C=CC=CC1(C(N)=O)C(=O)NCC#N. The summed E-state index contributed by atoms with van der Waals surface area (Å²) in [5, 5.41) is 11.0. The van der Waals surface area contributed by atoms with Crippen LogP contribution in [0, 0.1) is 28.6 Å². The van der Waals surface area contributed by atoms with Crippen molar-refractivity contribution in [1.82, 2.24) is 5.32 Å². The lowest BCUT2D eigenvalue weighted by Gasteiger charge is -2.35. The van der Waals surface area contributed by atoms with Crippen LogP contribution in [0.2, 0.25) is 0 Å². The molecule has 0 bridgehead atoms. The molecule has 1 rings (SSSR count). The number of rotatable bonds is 5. The summed E-state index contributed by atoms with van der Waals surface area (Å²) < 4.78 is 0. The standard InChI is InChI=1S/C14H19N3O2/c1-10(2)9-11-5-3-4-6-14(11,12(16)18)13(19)17-8-7-15/h3-6,10-11H,8-9H2,1-2H3,(H2,16,18)(H,17,19). The van der Waals surface area contributed by atoms with Gasteiger partial charge in [-0.1, -0.05) is 38.2 Å². The van der Waals surface area contributed by atoms with Gasteiger partial charge in [0, 0.05) is 5.92 Å². The van der Waals surface area contributed by atoms with E-state index in [0.29, 0.717) is 12.3 Å². The van der Waals surface area contributed by atoms with Crippen LogP contribution < -0.4 is 11.1 Å². The van der Waals surface area contributed by atoms with E-state index in [1.807, 2.05) is 32.1 Å². The molecule has 1 aliphatic rings. The number of nitrogens with zero attached hydrogens (tertiary/aromatic N) is 1. The molecular formula is C14H19N3O2. The van der Waals surface area contributed by atoms with Crippen molar-refractivity contribution in [1.29, 1.82) is 5.26 Å². The zero-order valence-electron chi connectivity index (χ0n) is 11.2. The Kier molecular flexibility index (Phi) is 4.87. The van der Waals surface area contributed by atoms with Crippen LogP contribution >= 0.6 is 0 Å². The highest BCUT2D eigenvalue weighted by Crippen LogP contribution is 2.37. The average molecular weight is 261 g/mol. The molecule has 0 aromatic heterocycles. The molecular weight excluding hydrogens is 242 g/mol. The molecule has 2 atom stereocenters. The minimum absolute atomic E-state index is 0.139. The first-order valence-electron chi connectivity index (χ1n) is 6.26. The maximum atomic E-state index is 12.3. The van der Waals surface area contributed by atoms with Gasteiger partial charge >= 0.3 is 0 Å². The Labute approximate surface area is 113 Å². The molecule has 0 aromatic carbocycles. The molecule has 0 saturated carbocycles. The van der Waals surface area contributed by atoms with Crippen LogP contribution in [0.15, 0.2) is 24.3 Å². The normalized spacial score (nSPS) is 25.1. The van der Waals surface area contributed by atoms with Crippen molar-refractivity contribution in [3.63, 3.8) is 0 Å². The first-order valence-corrected chi connectivity index (χ1v) is 6.26. The summed E-state index contributed by atoms with van der Waals surface area (Å²) in [6, 6.07) is 1.82. The van der Waals surface area contributed by atoms with Crippen LogP contribution in [0.5, 0.6) is 0 Å². The average Bonchev–Trinajstić information content (AvgIpc) is 2.35. The van der Waals surface area contributed by atoms with Gasteiger partial charge in [0.15, 0.2) is 5.41 Å². The number of nitrogens with one attached hydrogen (secondary N) is 1. The molecule has 0 radical (unpaired) electrons. The molecule has 0 aromatic rings. The third kappa shape index (κ3) is 3.02. The summed E-state index contributed by atoms with van der Waals surface area (Å²) in [5.74, 6) is -1.15. The molecule has 5 nitrogen and oxygen atoms in total. The number of nitriles is 1. The molecule has 2 amide bonds. The fourth-order valence-electron chi connectivity index (χ4n) is 2.34. The monoisotopic (exact) mass is 261 g/mol. The van der Waals surface area contributed by atoms with Gasteiger partial charge < -0.3 is 11.1 Å². The van der Waals surface area contributed by atoms with Crippen molar-refractivity contribution < 1.29 is 9.59 Å². The van der Waals surface area contributed by atoms with Crippen molar-refractivity contribution in [3.05, 3.63) is 24.3 Å². The summed E-state index contributed by atoms with van der Waals surface area (Å²) in [5.41, 5.74) is 4.08. The molecule has 3 N–H and O–H groups in total. The smallest absolute Gasteiger partial charge is 0.241 e. The molecule has 0 heterocycles. The zero-order chi connectivity index (χ0) is 14.5. The molecule has 2 unspecified atom stereocenters. The van der Waals surface area contributed by atoms with Crippen LogP contribution in [0.4, 0.5) is 0 Å². The highest BCUT2D eigenvalue weighted by atomic mass is 16.2. The van der Waals surface area contributed by atoms with E-state index in [1.165, 1.54) is 6.08 Å². The number of carbonyl (C=O) groups is 2. The van der Waals surface area contributed by atoms with Gasteiger partial charge in [-0.3, -0.25) is 9.59 Å². The Balaban J connectivity index is 3.11. The minimum atomic E-state index is -1.39. The van der Waals surface area contributed by atoms with Crippen molar-refractivity contribution in [2.45, 2.75) is 20.3 Å². The summed E-state index contributed by atoms with van der Waals surface area (Å²) in [6.07, 6.45) is 7.49. The van der Waals surface area contributed by atoms with Gasteiger partial charge in [-0.15, -0.1) is 0 Å². The molecule has 0 fully saturated rings. The number of hydrogen-bond acceptors (Lipinski definition) is 3. The van der Waals surface area contributed by atoms with E-state index in [2.05, 4.69) is 5.32 Å². The van der Waals surface area contributed by atoms with Crippen molar-refractivity contribution in [3.8, 4) is 6.07 Å². The second kappa shape index (κ2) is 6.19. The second-order valence-electron chi connectivity index (χ2n) is 5.05. The molecule has 0 spiro atoms. The Morgan fingerprint density at radius 3 is 2.68 bits per heavy atom. The van der Waals surface area contributed by atoms with Crippen molar-refractivity contribution >= 4 is 11.8 Å². The molecule has 1 aliphatic carbocycles. The summed E-state index contributed by atoms with van der Waals surface area (Å²) in [7, 11) is 0. The number of amides is 2. The summed E-state index contributed by atoms with van der Waals surface area (Å²) in [4.78, 5) is 24.1. The lowest BCUT2D eigenvalue weighted by Crippen LogP contribution is -2.53. The second-order valence-corrected chi connectivity index (χ2v) is 5.05. The Morgan fingerprint density at radius 1 is 1.47 bits per heavy atom. The van der Waals surface area contributed by atoms with Gasteiger partial charge in [0.1, 0.15) is 6.54 Å². The summed E-state index contributed by atoms with van der Waals surface area (Å²) in [6.45, 7) is 3.90. The Morgan fingerprint density at radius 2 is 2.16 bits per heavy atom. The van der Waals surface area contributed by atoms with E-state index in [-0.39, 0.29) is 12.5 Å². The van der Waals surface area contributed by atoms with E-state index in [0.717, 1.165) is 0 Å². The number of carbonyl (C=O) groups excluding carboxylic acids is 2. The van der Waals surface area contributed by atoms with Crippen molar-refractivity contribution in [2.24, 2.45) is 23.0 Å². The fraction of sp³-hybridized carbons (Fsp3) is 0.500. The van der Waals surface area contributed by atoms with Gasteiger partial charge in [0.25, 0.3) is 0 Å². The summed E-state index contributed by atoms with van der Waals surface area (Å²) >= 11 is 0. The lowest BCUT2D eigenvalue weighted by molar-refractivity contribution is -0.141. The quantitative estimate of drug-likeness (QED) is 0.568. The molecule has 19 heavy (non-hydrogen) atoms. The van der Waals surface area contributed by atoms with E-state index in [9.17, 15) is 9.59 Å². The van der Waals surface area contributed by atoms with E-state index >= 15 is 0 Å². The third-order valence-electron chi connectivity index (χ3n) is 3.24. The Bertz CT molecular complexity index is 460. The third-order valence-corrected chi connectivity index (χ3v) is 3.24. The van der Waals surface area contributed by atoms with Gasteiger partial charge in [0.2, 0.25) is 11.8 Å². The minimum Gasteiger partial charge on any atom is -0.368 e. The van der Waals surface area contributed by atoms with Gasteiger partial charge in [-0.05, 0) is 12.3 Å². The van der Waals surface area contributed by atoms with Crippen molar-refractivity contribution in [2.75, 3.05) is 6.54 Å². The maximum absolute atomic E-state index is 12.3. The van der Waals surface area contributed by atoms with Crippen LogP contribution in [-0.2, 0) is 9.59 Å². The van der Waals surface area contributed by atoms with Crippen LogP contribution in [0.3, 0.4) is 0 Å². The number of nitrogens with two attached hydrogens (primary N) is 1.